The summed E-state index contributed by atoms with van der Waals surface area (Å²) >= 11 is 0. The first-order chi connectivity index (χ1) is 9.71. The summed E-state index contributed by atoms with van der Waals surface area (Å²) in [7, 11) is 0. The predicted octanol–water partition coefficient (Wildman–Crippen LogP) is 0.999. The minimum Gasteiger partial charge on any atom is -0.481 e. The average molecular weight is 303 g/mol. The van der Waals surface area contributed by atoms with E-state index in [1.54, 1.807) is 0 Å². The van der Waals surface area contributed by atoms with Crippen LogP contribution in [-0.2, 0) is 4.79 Å². The van der Waals surface area contributed by atoms with Gasteiger partial charge in [0.05, 0.1) is 17.4 Å². The second-order valence-electron chi connectivity index (χ2n) is 4.77. The summed E-state index contributed by atoms with van der Waals surface area (Å²) in [4.78, 5) is 27.7. The number of nitrogen functional groups attached to an aromatic ring is 1. The molecule has 0 radical (unpaired) electrons. The van der Waals surface area contributed by atoms with Crippen LogP contribution in [0.2, 0.25) is 0 Å². The lowest BCUT2D eigenvalue weighted by Crippen LogP contribution is -2.34. The van der Waals surface area contributed by atoms with E-state index < -0.39 is 43.0 Å². The van der Waals surface area contributed by atoms with Gasteiger partial charge in [0.15, 0.2) is 0 Å². The number of alkyl halides is 3. The first-order valence-electron chi connectivity index (χ1n) is 6.00. The van der Waals surface area contributed by atoms with Gasteiger partial charge in [0.1, 0.15) is 0 Å². The van der Waals surface area contributed by atoms with Gasteiger partial charge in [-0.05, 0) is 6.07 Å². The molecule has 0 bridgehead atoms. The highest BCUT2D eigenvalue weighted by Crippen LogP contribution is 2.38. The van der Waals surface area contributed by atoms with Crippen molar-refractivity contribution in [1.82, 2.24) is 9.88 Å². The number of nitrogens with two attached hydrogens (primary N) is 1. The van der Waals surface area contributed by atoms with Crippen LogP contribution in [0.4, 0.5) is 18.9 Å². The van der Waals surface area contributed by atoms with Gasteiger partial charge in [-0.15, -0.1) is 0 Å². The predicted molar refractivity (Wildman–Crippen MR) is 65.2 cm³/mol. The molecule has 1 amide bonds. The Morgan fingerprint density at radius 1 is 1.38 bits per heavy atom. The molecular weight excluding hydrogens is 291 g/mol. The number of carbonyl (C=O) groups is 2. The van der Waals surface area contributed by atoms with Crippen LogP contribution in [0.3, 0.4) is 0 Å². The Bertz CT molecular complexity index is 576. The summed E-state index contributed by atoms with van der Waals surface area (Å²) in [5.41, 5.74) is 5.62. The van der Waals surface area contributed by atoms with E-state index in [1.165, 1.54) is 12.3 Å². The van der Waals surface area contributed by atoms with Crippen LogP contribution < -0.4 is 5.73 Å². The molecule has 0 aromatic carbocycles. The third-order valence-corrected chi connectivity index (χ3v) is 3.43. The molecule has 1 aliphatic rings. The molecule has 114 valence electrons. The van der Waals surface area contributed by atoms with E-state index in [0.717, 1.165) is 11.1 Å². The molecule has 2 rings (SSSR count). The van der Waals surface area contributed by atoms with Crippen LogP contribution >= 0.6 is 0 Å². The molecule has 2 heterocycles. The number of hydrogen-bond donors (Lipinski definition) is 2. The van der Waals surface area contributed by atoms with E-state index in [-0.39, 0.29) is 11.3 Å². The van der Waals surface area contributed by atoms with Crippen molar-refractivity contribution in [1.29, 1.82) is 0 Å². The Balaban J connectivity index is 2.25. The molecule has 1 aromatic heterocycles. The number of pyridine rings is 1. The molecule has 0 saturated carbocycles. The molecule has 6 nitrogen and oxygen atoms in total. The van der Waals surface area contributed by atoms with Crippen LogP contribution in [0.15, 0.2) is 18.5 Å². The Hall–Kier alpha value is -2.32. The number of rotatable bonds is 2. The zero-order valence-electron chi connectivity index (χ0n) is 10.7. The molecule has 0 spiro atoms. The number of nitrogens with zero attached hydrogens (tertiary/aromatic N) is 2. The van der Waals surface area contributed by atoms with Gasteiger partial charge in [-0.25, -0.2) is 0 Å². The molecule has 21 heavy (non-hydrogen) atoms. The normalized spacial score (nSPS) is 22.3. The standard InChI is InChI=1S/C12H12F3N3O3/c13-12(14,15)8-5-18(4-7(8)11(20)21)10(19)6-3-17-2-1-9(6)16/h1-3,7-8H,4-5H2,(H2,16,17)(H,20,21)/t7-,8-/m1/s1. The lowest BCUT2D eigenvalue weighted by molar-refractivity contribution is -0.187. The molecule has 1 aromatic rings. The summed E-state index contributed by atoms with van der Waals surface area (Å²) in [5.74, 6) is -6.09. The van der Waals surface area contributed by atoms with Gasteiger partial charge in [-0.1, -0.05) is 0 Å². The van der Waals surface area contributed by atoms with E-state index in [4.69, 9.17) is 10.8 Å². The van der Waals surface area contributed by atoms with Crippen molar-refractivity contribution in [2.75, 3.05) is 18.8 Å². The van der Waals surface area contributed by atoms with E-state index in [0.29, 0.717) is 0 Å². The smallest absolute Gasteiger partial charge is 0.394 e. The number of carbonyl (C=O) groups excluding carboxylic acids is 1. The van der Waals surface area contributed by atoms with Crippen LogP contribution in [-0.4, -0.2) is 46.1 Å². The van der Waals surface area contributed by atoms with Gasteiger partial charge >= 0.3 is 12.1 Å². The first kappa shape index (κ1) is 15.1. The number of halogens is 3. The maximum absolute atomic E-state index is 12.9. The number of aromatic nitrogens is 1. The molecule has 1 saturated heterocycles. The van der Waals surface area contributed by atoms with Gasteiger partial charge in [0.25, 0.3) is 5.91 Å². The summed E-state index contributed by atoms with van der Waals surface area (Å²) in [5, 5.41) is 8.90. The largest absolute Gasteiger partial charge is 0.481 e. The number of hydrogen-bond acceptors (Lipinski definition) is 4. The summed E-state index contributed by atoms with van der Waals surface area (Å²) < 4.78 is 38.6. The molecule has 9 heteroatoms. The van der Waals surface area contributed by atoms with E-state index in [9.17, 15) is 22.8 Å². The second-order valence-corrected chi connectivity index (χ2v) is 4.77. The zero-order chi connectivity index (χ0) is 15.8. The van der Waals surface area contributed by atoms with Gasteiger partial charge in [0, 0.05) is 31.2 Å². The number of carboxylic acid groups (broad SMARTS) is 1. The molecule has 1 fully saturated rings. The van der Waals surface area contributed by atoms with Crippen molar-refractivity contribution < 1.29 is 27.9 Å². The zero-order valence-corrected chi connectivity index (χ0v) is 10.7. The molecule has 1 aliphatic heterocycles. The Kier molecular flexibility index (Phi) is 3.75. The summed E-state index contributed by atoms with van der Waals surface area (Å²) in [6.07, 6.45) is -2.19. The van der Waals surface area contributed by atoms with Gasteiger partial charge in [0.2, 0.25) is 0 Å². The highest BCUT2D eigenvalue weighted by atomic mass is 19.4. The molecule has 0 aliphatic carbocycles. The quantitative estimate of drug-likeness (QED) is 0.849. The van der Waals surface area contributed by atoms with Gasteiger partial charge in [-0.3, -0.25) is 14.6 Å². The van der Waals surface area contributed by atoms with Crippen LogP contribution in [0, 0.1) is 11.8 Å². The van der Waals surface area contributed by atoms with Crippen molar-refractivity contribution >= 4 is 17.6 Å². The Labute approximate surface area is 117 Å². The van der Waals surface area contributed by atoms with E-state index in [1.807, 2.05) is 0 Å². The molecule has 3 N–H and O–H groups in total. The highest BCUT2D eigenvalue weighted by molar-refractivity contribution is 5.99. The monoisotopic (exact) mass is 303 g/mol. The molecular formula is C12H12F3N3O3. The maximum Gasteiger partial charge on any atom is 0.394 e. The minimum absolute atomic E-state index is 0.0375. The summed E-state index contributed by atoms with van der Waals surface area (Å²) in [6.45, 7) is -1.21. The molecule has 0 unspecified atom stereocenters. The second kappa shape index (κ2) is 5.23. The highest BCUT2D eigenvalue weighted by Gasteiger charge is 2.53. The Morgan fingerprint density at radius 3 is 2.52 bits per heavy atom. The third-order valence-electron chi connectivity index (χ3n) is 3.43. The SMILES string of the molecule is Nc1ccncc1C(=O)N1C[C@@H](C(F)(F)F)[C@H](C(=O)O)C1. The first-order valence-corrected chi connectivity index (χ1v) is 6.00. The van der Waals surface area contributed by atoms with Crippen molar-refractivity contribution in [2.45, 2.75) is 6.18 Å². The Morgan fingerprint density at radius 2 is 2.05 bits per heavy atom. The number of anilines is 1. The third kappa shape index (κ3) is 2.91. The van der Waals surface area contributed by atoms with E-state index in [2.05, 4.69) is 4.98 Å². The number of aliphatic carboxylic acids is 1. The van der Waals surface area contributed by atoms with Crippen molar-refractivity contribution in [3.05, 3.63) is 24.0 Å². The lowest BCUT2D eigenvalue weighted by Gasteiger charge is -2.18. The van der Waals surface area contributed by atoms with Crippen molar-refractivity contribution in [3.8, 4) is 0 Å². The van der Waals surface area contributed by atoms with Crippen molar-refractivity contribution in [3.63, 3.8) is 0 Å². The topological polar surface area (TPSA) is 96.5 Å². The fourth-order valence-corrected chi connectivity index (χ4v) is 2.31. The lowest BCUT2D eigenvalue weighted by atomic mass is 9.96. The van der Waals surface area contributed by atoms with Crippen molar-refractivity contribution in [2.24, 2.45) is 11.8 Å². The molecule has 2 atom stereocenters. The van der Waals surface area contributed by atoms with E-state index >= 15 is 0 Å². The van der Waals surface area contributed by atoms with Crippen LogP contribution in [0.25, 0.3) is 0 Å². The minimum atomic E-state index is -4.68. The fraction of sp³-hybridized carbons (Fsp3) is 0.417. The number of likely N-dealkylation sites (tertiary alicyclic amines) is 1. The number of carboxylic acids is 1. The fourth-order valence-electron chi connectivity index (χ4n) is 2.31. The number of amides is 1. The van der Waals surface area contributed by atoms with Crippen LogP contribution in [0.1, 0.15) is 10.4 Å². The summed E-state index contributed by atoms with van der Waals surface area (Å²) in [6, 6.07) is 1.35. The maximum atomic E-state index is 12.9. The average Bonchev–Trinajstić information content (AvgIpc) is 2.83. The van der Waals surface area contributed by atoms with Crippen LogP contribution in [0.5, 0.6) is 0 Å². The van der Waals surface area contributed by atoms with Gasteiger partial charge < -0.3 is 15.7 Å². The van der Waals surface area contributed by atoms with Gasteiger partial charge in [-0.2, -0.15) is 13.2 Å².